The van der Waals surface area contributed by atoms with Gasteiger partial charge in [-0.2, -0.15) is 0 Å². The van der Waals surface area contributed by atoms with Crippen molar-refractivity contribution in [2.45, 2.75) is 52.7 Å². The average molecular weight is 264 g/mol. The van der Waals surface area contributed by atoms with Gasteiger partial charge in [-0.1, -0.05) is 13.8 Å². The van der Waals surface area contributed by atoms with Gasteiger partial charge in [-0.05, 0) is 31.6 Å². The van der Waals surface area contributed by atoms with Crippen LogP contribution in [0.2, 0.25) is 0 Å². The average Bonchev–Trinajstić information content (AvgIpc) is 2.65. The number of nitrogens with zero attached hydrogens (tertiary/aromatic N) is 2. The Morgan fingerprint density at radius 3 is 2.89 bits per heavy atom. The molecule has 1 aliphatic carbocycles. The minimum atomic E-state index is 0.409. The van der Waals surface area contributed by atoms with Crippen LogP contribution in [0.4, 0.5) is 11.6 Å². The van der Waals surface area contributed by atoms with E-state index in [1.54, 1.807) is 6.07 Å². The van der Waals surface area contributed by atoms with E-state index in [0.29, 0.717) is 36.3 Å². The Morgan fingerprint density at radius 2 is 2.26 bits per heavy atom. The fraction of sp³-hybridized carbons (Fsp3) is 0.714. The summed E-state index contributed by atoms with van der Waals surface area (Å²) in [7, 11) is 0. The highest BCUT2D eigenvalue weighted by Gasteiger charge is 2.30. The van der Waals surface area contributed by atoms with E-state index in [1.165, 1.54) is 12.8 Å². The Labute approximate surface area is 115 Å². The zero-order valence-electron chi connectivity index (χ0n) is 12.1. The molecule has 1 aliphatic rings. The van der Waals surface area contributed by atoms with Gasteiger partial charge in [0.15, 0.2) is 5.82 Å². The largest absolute Gasteiger partial charge is 0.384 e. The second kappa shape index (κ2) is 5.74. The molecule has 0 bridgehead atoms. The first-order chi connectivity index (χ1) is 8.98. The molecule has 0 spiro atoms. The molecule has 1 heterocycles. The number of nitrogens with two attached hydrogens (primary N) is 1. The molecule has 0 radical (unpaired) electrons. The summed E-state index contributed by atoms with van der Waals surface area (Å²) < 4.78 is 5.32. The fourth-order valence-electron chi connectivity index (χ4n) is 2.62. The van der Waals surface area contributed by atoms with Gasteiger partial charge in [0.1, 0.15) is 18.2 Å². The number of nitrogen functional groups attached to an aromatic ring is 1. The van der Waals surface area contributed by atoms with Crippen molar-refractivity contribution in [2.75, 3.05) is 17.7 Å². The predicted molar refractivity (Wildman–Crippen MR) is 76.8 cm³/mol. The molecule has 1 unspecified atom stereocenters. The Bertz CT molecular complexity index is 433. The smallest absolute Gasteiger partial charge is 0.158 e. The third-order valence-electron chi connectivity index (χ3n) is 3.55. The molecule has 0 amide bonds. The minimum Gasteiger partial charge on any atom is -0.384 e. The van der Waals surface area contributed by atoms with Crippen molar-refractivity contribution in [1.82, 2.24) is 9.97 Å². The van der Waals surface area contributed by atoms with E-state index in [-0.39, 0.29) is 0 Å². The second-order valence-corrected chi connectivity index (χ2v) is 5.98. The third-order valence-corrected chi connectivity index (χ3v) is 3.55. The normalized spacial score (nSPS) is 21.5. The summed E-state index contributed by atoms with van der Waals surface area (Å²) in [5.41, 5.74) is 6.23. The lowest BCUT2D eigenvalue weighted by Crippen LogP contribution is -2.19. The number of nitrogens with one attached hydrogen (secondary N) is 1. The molecule has 1 aromatic heterocycles. The maximum absolute atomic E-state index is 5.81. The lowest BCUT2D eigenvalue weighted by molar-refractivity contribution is 0.128. The lowest BCUT2D eigenvalue weighted by atomic mass is 9.92. The first-order valence-electron chi connectivity index (χ1n) is 6.96. The van der Waals surface area contributed by atoms with Crippen molar-refractivity contribution in [3.63, 3.8) is 0 Å². The van der Waals surface area contributed by atoms with Gasteiger partial charge in [-0.3, -0.25) is 0 Å². The number of rotatable bonds is 5. The predicted octanol–water partition coefficient (Wildman–Crippen LogP) is 2.59. The van der Waals surface area contributed by atoms with Crippen LogP contribution in [0.3, 0.4) is 0 Å². The lowest BCUT2D eigenvalue weighted by Gasteiger charge is -2.18. The van der Waals surface area contributed by atoms with Gasteiger partial charge in [0.25, 0.3) is 0 Å². The maximum Gasteiger partial charge on any atom is 0.158 e. The van der Waals surface area contributed by atoms with E-state index in [9.17, 15) is 0 Å². The van der Waals surface area contributed by atoms with Gasteiger partial charge in [-0.15, -0.1) is 0 Å². The molecule has 5 heteroatoms. The highest BCUT2D eigenvalue weighted by atomic mass is 16.5. The zero-order valence-corrected chi connectivity index (χ0v) is 12.1. The van der Waals surface area contributed by atoms with E-state index >= 15 is 0 Å². The van der Waals surface area contributed by atoms with Crippen molar-refractivity contribution in [2.24, 2.45) is 5.41 Å². The summed E-state index contributed by atoms with van der Waals surface area (Å²) in [6.45, 7) is 7.63. The quantitative estimate of drug-likeness (QED) is 0.855. The number of ether oxygens (including phenoxy) is 1. The summed E-state index contributed by atoms with van der Waals surface area (Å²) in [6, 6.07) is 2.27. The molecule has 106 valence electrons. The second-order valence-electron chi connectivity index (χ2n) is 5.98. The summed E-state index contributed by atoms with van der Waals surface area (Å²) in [5.74, 6) is 1.94. The van der Waals surface area contributed by atoms with Crippen molar-refractivity contribution >= 4 is 11.6 Å². The number of hydrogen-bond donors (Lipinski definition) is 2. The highest BCUT2D eigenvalue weighted by molar-refractivity contribution is 5.45. The van der Waals surface area contributed by atoms with Crippen LogP contribution < -0.4 is 11.1 Å². The highest BCUT2D eigenvalue weighted by Crippen LogP contribution is 2.38. The van der Waals surface area contributed by atoms with E-state index < -0.39 is 0 Å². The number of aromatic nitrogens is 2. The van der Waals surface area contributed by atoms with E-state index in [2.05, 4.69) is 29.1 Å². The molecule has 2 rings (SSSR count). The van der Waals surface area contributed by atoms with Gasteiger partial charge >= 0.3 is 0 Å². The molecule has 5 nitrogen and oxygen atoms in total. The topological polar surface area (TPSA) is 73.1 Å². The fourth-order valence-corrected chi connectivity index (χ4v) is 2.62. The Kier molecular flexibility index (Phi) is 4.24. The first kappa shape index (κ1) is 14.1. The zero-order chi connectivity index (χ0) is 13.9. The molecule has 0 aromatic carbocycles. The minimum absolute atomic E-state index is 0.409. The van der Waals surface area contributed by atoms with E-state index in [4.69, 9.17) is 10.5 Å². The van der Waals surface area contributed by atoms with Crippen molar-refractivity contribution in [1.29, 1.82) is 0 Å². The molecule has 0 aliphatic heterocycles. The molecule has 1 fully saturated rings. The van der Waals surface area contributed by atoms with Gasteiger partial charge in [-0.25, -0.2) is 9.97 Å². The van der Waals surface area contributed by atoms with Crippen LogP contribution in [0.15, 0.2) is 6.07 Å². The first-order valence-corrected chi connectivity index (χ1v) is 6.96. The summed E-state index contributed by atoms with van der Waals surface area (Å²) in [6.07, 6.45) is 3.59. The number of anilines is 2. The van der Waals surface area contributed by atoms with Crippen LogP contribution in [0.1, 0.15) is 45.9 Å². The van der Waals surface area contributed by atoms with Crippen LogP contribution in [0.25, 0.3) is 0 Å². The standard InChI is InChI=1S/C14H24N4O/c1-4-19-9-13-17-11(15)7-12(18-13)16-10-5-6-14(2,3)8-10/h7,10H,4-6,8-9H2,1-3H3,(H3,15,16,17,18). The molecule has 1 aromatic rings. The van der Waals surface area contributed by atoms with Gasteiger partial charge < -0.3 is 15.8 Å². The molecule has 1 saturated carbocycles. The SMILES string of the molecule is CCOCc1nc(N)cc(NC2CCC(C)(C)C2)n1. The molecule has 1 atom stereocenters. The summed E-state index contributed by atoms with van der Waals surface area (Å²) >= 11 is 0. The van der Waals surface area contributed by atoms with Crippen LogP contribution in [0.5, 0.6) is 0 Å². The third kappa shape index (κ3) is 4.06. The van der Waals surface area contributed by atoms with Crippen LogP contribution in [0, 0.1) is 5.41 Å². The molecule has 0 saturated heterocycles. The van der Waals surface area contributed by atoms with Gasteiger partial charge in [0.05, 0.1) is 0 Å². The number of hydrogen-bond acceptors (Lipinski definition) is 5. The van der Waals surface area contributed by atoms with Crippen molar-refractivity contribution in [3.05, 3.63) is 11.9 Å². The van der Waals surface area contributed by atoms with Gasteiger partial charge in [0.2, 0.25) is 0 Å². The van der Waals surface area contributed by atoms with E-state index in [1.807, 2.05) is 6.92 Å². The summed E-state index contributed by atoms with van der Waals surface area (Å²) in [4.78, 5) is 8.63. The van der Waals surface area contributed by atoms with Crippen LogP contribution in [-0.4, -0.2) is 22.6 Å². The Hall–Kier alpha value is -1.36. The van der Waals surface area contributed by atoms with Crippen LogP contribution in [-0.2, 0) is 11.3 Å². The molecule has 19 heavy (non-hydrogen) atoms. The molecular weight excluding hydrogens is 240 g/mol. The van der Waals surface area contributed by atoms with Crippen molar-refractivity contribution < 1.29 is 4.74 Å². The molecular formula is C14H24N4O. The van der Waals surface area contributed by atoms with Gasteiger partial charge in [0, 0.05) is 18.7 Å². The van der Waals surface area contributed by atoms with E-state index in [0.717, 1.165) is 12.2 Å². The maximum atomic E-state index is 5.81. The van der Waals surface area contributed by atoms with Crippen LogP contribution >= 0.6 is 0 Å². The Balaban J connectivity index is 2.02. The Morgan fingerprint density at radius 1 is 1.47 bits per heavy atom. The molecule has 3 N–H and O–H groups in total. The summed E-state index contributed by atoms with van der Waals surface area (Å²) in [5, 5.41) is 3.47. The van der Waals surface area contributed by atoms with Crippen molar-refractivity contribution in [3.8, 4) is 0 Å². The monoisotopic (exact) mass is 264 g/mol.